The minimum Gasteiger partial charge on any atom is -0.377 e. The van der Waals surface area contributed by atoms with Crippen LogP contribution in [0.2, 0.25) is 0 Å². The molecule has 0 amide bonds. The van der Waals surface area contributed by atoms with E-state index in [9.17, 15) is 0 Å². The zero-order chi connectivity index (χ0) is 11.9. The molecule has 2 unspecified atom stereocenters. The number of hydrogen-bond donors (Lipinski definition) is 1. The van der Waals surface area contributed by atoms with Gasteiger partial charge in [0.1, 0.15) is 0 Å². The fourth-order valence-electron chi connectivity index (χ4n) is 3.01. The maximum Gasteiger partial charge on any atom is 0.0701 e. The summed E-state index contributed by atoms with van der Waals surface area (Å²) in [4.78, 5) is 2.46. The SMILES string of the molecule is CN(CC1CCCCCN1)CC1CCCCO1. The molecule has 0 aliphatic carbocycles. The second-order valence-corrected chi connectivity index (χ2v) is 5.71. The van der Waals surface area contributed by atoms with Crippen molar-refractivity contribution in [3.63, 3.8) is 0 Å². The number of rotatable bonds is 4. The molecule has 0 saturated carbocycles. The number of nitrogens with one attached hydrogen (secondary N) is 1. The van der Waals surface area contributed by atoms with E-state index in [2.05, 4.69) is 17.3 Å². The van der Waals surface area contributed by atoms with E-state index in [1.165, 1.54) is 58.0 Å². The van der Waals surface area contributed by atoms with Gasteiger partial charge in [0.25, 0.3) is 0 Å². The normalized spacial score (nSPS) is 31.4. The Morgan fingerprint density at radius 2 is 1.94 bits per heavy atom. The summed E-state index contributed by atoms with van der Waals surface area (Å²) in [7, 11) is 2.24. The van der Waals surface area contributed by atoms with E-state index in [0.29, 0.717) is 12.1 Å². The summed E-state index contributed by atoms with van der Waals surface area (Å²) in [5.74, 6) is 0. The molecule has 3 nitrogen and oxygen atoms in total. The molecule has 0 radical (unpaired) electrons. The third-order valence-corrected chi connectivity index (χ3v) is 3.98. The van der Waals surface area contributed by atoms with Gasteiger partial charge < -0.3 is 15.0 Å². The Balaban J connectivity index is 1.66. The number of ether oxygens (including phenoxy) is 1. The second-order valence-electron chi connectivity index (χ2n) is 5.71. The third kappa shape index (κ3) is 4.94. The average molecular weight is 240 g/mol. The molecule has 0 aromatic rings. The Morgan fingerprint density at radius 3 is 2.76 bits per heavy atom. The van der Waals surface area contributed by atoms with Gasteiger partial charge in [0.2, 0.25) is 0 Å². The average Bonchev–Trinajstić information content (AvgIpc) is 2.59. The molecule has 2 heterocycles. The van der Waals surface area contributed by atoms with Crippen molar-refractivity contribution in [2.45, 2.75) is 57.1 Å². The molecular weight excluding hydrogens is 212 g/mol. The molecule has 0 bridgehead atoms. The van der Waals surface area contributed by atoms with Gasteiger partial charge in [-0.2, -0.15) is 0 Å². The van der Waals surface area contributed by atoms with E-state index in [-0.39, 0.29) is 0 Å². The molecule has 1 N–H and O–H groups in total. The Kier molecular flexibility index (Phi) is 5.75. The molecule has 2 aliphatic rings. The lowest BCUT2D eigenvalue weighted by Gasteiger charge is -2.29. The first kappa shape index (κ1) is 13.3. The summed E-state index contributed by atoms with van der Waals surface area (Å²) in [6.07, 6.45) is 9.83. The van der Waals surface area contributed by atoms with Crippen LogP contribution in [0, 0.1) is 0 Å². The first-order valence-corrected chi connectivity index (χ1v) is 7.38. The lowest BCUT2D eigenvalue weighted by Crippen LogP contribution is -2.42. The summed E-state index contributed by atoms with van der Waals surface area (Å²) in [6, 6.07) is 0.700. The fourth-order valence-corrected chi connectivity index (χ4v) is 3.01. The van der Waals surface area contributed by atoms with Crippen LogP contribution in [0.15, 0.2) is 0 Å². The van der Waals surface area contributed by atoms with Crippen molar-refractivity contribution in [3.8, 4) is 0 Å². The predicted molar refractivity (Wildman–Crippen MR) is 71.3 cm³/mol. The molecule has 3 heteroatoms. The van der Waals surface area contributed by atoms with Crippen molar-refractivity contribution in [2.75, 3.05) is 33.3 Å². The monoisotopic (exact) mass is 240 g/mol. The summed E-state index contributed by atoms with van der Waals surface area (Å²) >= 11 is 0. The number of hydrogen-bond acceptors (Lipinski definition) is 3. The first-order valence-electron chi connectivity index (χ1n) is 7.38. The molecule has 2 aliphatic heterocycles. The van der Waals surface area contributed by atoms with Gasteiger partial charge in [-0.3, -0.25) is 0 Å². The van der Waals surface area contributed by atoms with E-state index in [4.69, 9.17) is 4.74 Å². The zero-order valence-corrected chi connectivity index (χ0v) is 11.3. The Hall–Kier alpha value is -0.120. The van der Waals surface area contributed by atoms with Crippen molar-refractivity contribution < 1.29 is 4.74 Å². The van der Waals surface area contributed by atoms with Gasteiger partial charge in [0.05, 0.1) is 6.10 Å². The van der Waals surface area contributed by atoms with Gasteiger partial charge in [0.15, 0.2) is 0 Å². The molecule has 0 spiro atoms. The first-order chi connectivity index (χ1) is 8.34. The highest BCUT2D eigenvalue weighted by Crippen LogP contribution is 2.14. The Labute approximate surface area is 106 Å². The summed E-state index contributed by atoms with van der Waals surface area (Å²) in [5, 5.41) is 3.67. The van der Waals surface area contributed by atoms with Crippen molar-refractivity contribution in [2.24, 2.45) is 0 Å². The van der Waals surface area contributed by atoms with E-state index in [1.54, 1.807) is 0 Å². The number of likely N-dealkylation sites (N-methyl/N-ethyl adjacent to an activating group) is 1. The van der Waals surface area contributed by atoms with Crippen molar-refractivity contribution in [1.82, 2.24) is 10.2 Å². The molecule has 2 fully saturated rings. The van der Waals surface area contributed by atoms with Crippen molar-refractivity contribution in [3.05, 3.63) is 0 Å². The zero-order valence-electron chi connectivity index (χ0n) is 11.3. The highest BCUT2D eigenvalue weighted by atomic mass is 16.5. The van der Waals surface area contributed by atoms with Crippen LogP contribution < -0.4 is 5.32 Å². The molecular formula is C14H28N2O. The molecule has 2 rings (SSSR count). The summed E-state index contributed by atoms with van der Waals surface area (Å²) < 4.78 is 5.80. The topological polar surface area (TPSA) is 24.5 Å². The van der Waals surface area contributed by atoms with Crippen LogP contribution in [-0.2, 0) is 4.74 Å². The molecule has 0 aromatic carbocycles. The second kappa shape index (κ2) is 7.34. The lowest BCUT2D eigenvalue weighted by atomic mass is 10.1. The predicted octanol–water partition coefficient (Wildman–Crippen LogP) is 2.02. The Morgan fingerprint density at radius 1 is 1.06 bits per heavy atom. The van der Waals surface area contributed by atoms with Crippen LogP contribution in [0.5, 0.6) is 0 Å². The maximum absolute atomic E-state index is 5.80. The van der Waals surface area contributed by atoms with E-state index < -0.39 is 0 Å². The summed E-state index contributed by atoms with van der Waals surface area (Å²) in [5.41, 5.74) is 0. The van der Waals surface area contributed by atoms with Gasteiger partial charge in [-0.1, -0.05) is 12.8 Å². The molecule has 100 valence electrons. The quantitative estimate of drug-likeness (QED) is 0.813. The van der Waals surface area contributed by atoms with E-state index in [0.717, 1.165) is 13.2 Å². The van der Waals surface area contributed by atoms with Crippen LogP contribution in [0.25, 0.3) is 0 Å². The summed E-state index contributed by atoms with van der Waals surface area (Å²) in [6.45, 7) is 4.47. The van der Waals surface area contributed by atoms with Crippen LogP contribution in [0.1, 0.15) is 44.9 Å². The van der Waals surface area contributed by atoms with Gasteiger partial charge in [0, 0.05) is 25.7 Å². The highest BCUT2D eigenvalue weighted by Gasteiger charge is 2.18. The van der Waals surface area contributed by atoms with E-state index >= 15 is 0 Å². The molecule has 17 heavy (non-hydrogen) atoms. The number of nitrogens with zero attached hydrogens (tertiary/aromatic N) is 1. The smallest absolute Gasteiger partial charge is 0.0701 e. The van der Waals surface area contributed by atoms with Crippen LogP contribution in [-0.4, -0.2) is 50.3 Å². The fraction of sp³-hybridized carbons (Fsp3) is 1.00. The minimum atomic E-state index is 0.486. The van der Waals surface area contributed by atoms with Crippen molar-refractivity contribution in [1.29, 1.82) is 0 Å². The van der Waals surface area contributed by atoms with Gasteiger partial charge in [-0.25, -0.2) is 0 Å². The van der Waals surface area contributed by atoms with Crippen LogP contribution in [0.3, 0.4) is 0 Å². The molecule has 2 atom stereocenters. The van der Waals surface area contributed by atoms with Gasteiger partial charge >= 0.3 is 0 Å². The molecule has 0 aromatic heterocycles. The van der Waals surface area contributed by atoms with Gasteiger partial charge in [-0.15, -0.1) is 0 Å². The minimum absolute atomic E-state index is 0.486. The van der Waals surface area contributed by atoms with E-state index in [1.807, 2.05) is 0 Å². The van der Waals surface area contributed by atoms with Crippen LogP contribution >= 0.6 is 0 Å². The van der Waals surface area contributed by atoms with Gasteiger partial charge in [-0.05, 0) is 45.7 Å². The van der Waals surface area contributed by atoms with Crippen LogP contribution in [0.4, 0.5) is 0 Å². The molecule has 2 saturated heterocycles. The maximum atomic E-state index is 5.80. The standard InChI is InChI=1S/C14H28N2O/c1-16(12-14-8-4-6-10-17-14)11-13-7-3-2-5-9-15-13/h13-15H,2-12H2,1H3. The highest BCUT2D eigenvalue weighted by molar-refractivity contribution is 4.76. The third-order valence-electron chi connectivity index (χ3n) is 3.98. The van der Waals surface area contributed by atoms with Crippen molar-refractivity contribution >= 4 is 0 Å². The Bertz CT molecular complexity index is 196. The largest absolute Gasteiger partial charge is 0.377 e. The lowest BCUT2D eigenvalue weighted by molar-refractivity contribution is -0.00263.